The number of nitro benzene ring substituents is 1. The van der Waals surface area contributed by atoms with Crippen LogP contribution < -0.4 is 11.1 Å². The number of thioether (sulfide) groups is 1. The van der Waals surface area contributed by atoms with E-state index in [1.807, 2.05) is 0 Å². The molecule has 1 atom stereocenters. The van der Waals surface area contributed by atoms with Crippen molar-refractivity contribution in [1.82, 2.24) is 0 Å². The predicted octanol–water partition coefficient (Wildman–Crippen LogP) is 0.880. The Balaban J connectivity index is 2.03. The maximum Gasteiger partial charge on any atom is 0.292 e. The number of nitrogens with zero attached hydrogens (tertiary/aromatic N) is 2. The van der Waals surface area contributed by atoms with Crippen LogP contribution in [0, 0.1) is 10.1 Å². The number of aliphatic imine (C=N–C) groups is 1. The topological polar surface area (TPSA) is 128 Å². The minimum absolute atomic E-state index is 0.0897. The summed E-state index contributed by atoms with van der Waals surface area (Å²) in [4.78, 5) is 36.9. The normalized spacial score (nSPS) is 17.7. The van der Waals surface area contributed by atoms with E-state index < -0.39 is 22.0 Å². The largest absolute Gasteiger partial charge is 0.378 e. The summed E-state index contributed by atoms with van der Waals surface area (Å²) in [6.45, 7) is 0. The third kappa shape index (κ3) is 3.12. The molecule has 0 spiro atoms. The van der Waals surface area contributed by atoms with Crippen molar-refractivity contribution in [3.63, 3.8) is 0 Å². The van der Waals surface area contributed by atoms with Gasteiger partial charge in [0, 0.05) is 12.5 Å². The Kier molecular flexibility index (Phi) is 3.99. The van der Waals surface area contributed by atoms with Gasteiger partial charge in [-0.25, -0.2) is 0 Å². The summed E-state index contributed by atoms with van der Waals surface area (Å²) in [6.07, 6.45) is -0.139. The zero-order valence-electron chi connectivity index (χ0n) is 10.1. The number of nitro groups is 1. The smallest absolute Gasteiger partial charge is 0.292 e. The van der Waals surface area contributed by atoms with E-state index in [1.54, 1.807) is 6.07 Å². The lowest BCUT2D eigenvalue weighted by Crippen LogP contribution is -2.22. The molecule has 0 saturated carbocycles. The molecule has 1 heterocycles. The van der Waals surface area contributed by atoms with Gasteiger partial charge in [0.2, 0.25) is 5.91 Å². The van der Waals surface area contributed by atoms with Crippen molar-refractivity contribution in [3.8, 4) is 0 Å². The molecule has 2 rings (SSSR count). The number of amides is 2. The molecule has 20 heavy (non-hydrogen) atoms. The van der Waals surface area contributed by atoms with Gasteiger partial charge in [-0.05, 0) is 6.07 Å². The molecule has 0 saturated heterocycles. The molecule has 0 bridgehead atoms. The SMILES string of the molecule is NC1=NC(=O)[C@@H](CC(=O)Nc2ccccc2[N+](=O)[O-])S1. The number of nitrogens with two attached hydrogens (primary N) is 1. The molecule has 0 unspecified atom stereocenters. The van der Waals surface area contributed by atoms with Crippen LogP contribution in [0.3, 0.4) is 0 Å². The van der Waals surface area contributed by atoms with E-state index in [2.05, 4.69) is 10.3 Å². The number of carbonyl (C=O) groups is 2. The number of hydrogen-bond acceptors (Lipinski definition) is 6. The standard InChI is InChI=1S/C11H10N4O4S/c12-11-14-10(17)8(20-11)5-9(16)13-6-3-1-2-4-7(6)15(18)19/h1-4,8H,5H2,(H,13,16)(H2,12,14,17)/t8-/m1/s1. The van der Waals surface area contributed by atoms with Crippen LogP contribution in [-0.4, -0.2) is 27.2 Å². The first-order valence-corrected chi connectivity index (χ1v) is 6.43. The molecule has 2 amide bonds. The summed E-state index contributed by atoms with van der Waals surface area (Å²) in [5, 5.41) is 12.7. The molecule has 1 aromatic carbocycles. The first kappa shape index (κ1) is 14.0. The number of nitrogens with one attached hydrogen (secondary N) is 1. The number of carbonyl (C=O) groups excluding carboxylic acids is 2. The number of amidine groups is 1. The van der Waals surface area contributed by atoms with Crippen molar-refractivity contribution in [1.29, 1.82) is 0 Å². The van der Waals surface area contributed by atoms with Gasteiger partial charge in [0.25, 0.3) is 11.6 Å². The van der Waals surface area contributed by atoms with Crippen molar-refractivity contribution in [2.24, 2.45) is 10.7 Å². The van der Waals surface area contributed by atoms with E-state index in [0.717, 1.165) is 11.8 Å². The van der Waals surface area contributed by atoms with Gasteiger partial charge in [0.15, 0.2) is 5.17 Å². The summed E-state index contributed by atoms with van der Waals surface area (Å²) >= 11 is 1.01. The third-order valence-electron chi connectivity index (χ3n) is 2.50. The lowest BCUT2D eigenvalue weighted by molar-refractivity contribution is -0.383. The third-order valence-corrected chi connectivity index (χ3v) is 3.49. The molecule has 0 aromatic heterocycles. The molecule has 3 N–H and O–H groups in total. The monoisotopic (exact) mass is 294 g/mol. The van der Waals surface area contributed by atoms with Crippen molar-refractivity contribution in [2.75, 3.05) is 5.32 Å². The van der Waals surface area contributed by atoms with E-state index in [4.69, 9.17) is 5.73 Å². The van der Waals surface area contributed by atoms with E-state index in [-0.39, 0.29) is 23.0 Å². The first-order valence-electron chi connectivity index (χ1n) is 5.55. The van der Waals surface area contributed by atoms with Gasteiger partial charge in [-0.3, -0.25) is 19.7 Å². The predicted molar refractivity (Wildman–Crippen MR) is 74.4 cm³/mol. The summed E-state index contributed by atoms with van der Waals surface area (Å²) < 4.78 is 0. The van der Waals surface area contributed by atoms with Crippen LogP contribution in [-0.2, 0) is 9.59 Å². The minimum Gasteiger partial charge on any atom is -0.378 e. The number of hydrogen-bond donors (Lipinski definition) is 2. The number of para-hydroxylation sites is 2. The number of rotatable bonds is 4. The summed E-state index contributed by atoms with van der Waals surface area (Å²) in [5.41, 5.74) is 5.26. The molecular weight excluding hydrogens is 284 g/mol. The van der Waals surface area contributed by atoms with Crippen molar-refractivity contribution in [2.45, 2.75) is 11.7 Å². The fourth-order valence-electron chi connectivity index (χ4n) is 1.64. The quantitative estimate of drug-likeness (QED) is 0.626. The molecule has 0 aliphatic carbocycles. The molecular formula is C11H10N4O4S. The van der Waals surface area contributed by atoms with Crippen LogP contribution >= 0.6 is 11.8 Å². The summed E-state index contributed by atoms with van der Waals surface area (Å²) in [6, 6.07) is 5.77. The highest BCUT2D eigenvalue weighted by Crippen LogP contribution is 2.26. The van der Waals surface area contributed by atoms with Gasteiger partial charge in [-0.2, -0.15) is 4.99 Å². The molecule has 1 aliphatic heterocycles. The van der Waals surface area contributed by atoms with E-state index in [0.29, 0.717) is 0 Å². The van der Waals surface area contributed by atoms with E-state index >= 15 is 0 Å². The maximum atomic E-state index is 11.8. The number of benzene rings is 1. The van der Waals surface area contributed by atoms with Gasteiger partial charge >= 0.3 is 0 Å². The van der Waals surface area contributed by atoms with Crippen molar-refractivity contribution in [3.05, 3.63) is 34.4 Å². The average molecular weight is 294 g/mol. The Labute approximate surface area is 117 Å². The van der Waals surface area contributed by atoms with Gasteiger partial charge < -0.3 is 11.1 Å². The molecule has 0 radical (unpaired) electrons. The van der Waals surface area contributed by atoms with Gasteiger partial charge in [0.1, 0.15) is 10.9 Å². The van der Waals surface area contributed by atoms with Gasteiger partial charge in [-0.15, -0.1) is 0 Å². The van der Waals surface area contributed by atoms with Crippen LogP contribution in [0.5, 0.6) is 0 Å². The van der Waals surface area contributed by atoms with Crippen LogP contribution in [0.25, 0.3) is 0 Å². The summed E-state index contributed by atoms with van der Waals surface area (Å²) in [5.74, 6) is -0.972. The second-order valence-electron chi connectivity index (χ2n) is 3.92. The summed E-state index contributed by atoms with van der Waals surface area (Å²) in [7, 11) is 0. The second kappa shape index (κ2) is 5.70. The molecule has 9 heteroatoms. The van der Waals surface area contributed by atoms with Crippen LogP contribution in [0.1, 0.15) is 6.42 Å². The zero-order valence-corrected chi connectivity index (χ0v) is 10.9. The second-order valence-corrected chi connectivity index (χ2v) is 5.14. The van der Waals surface area contributed by atoms with E-state index in [1.165, 1.54) is 18.2 Å². The zero-order chi connectivity index (χ0) is 14.7. The lowest BCUT2D eigenvalue weighted by atomic mass is 10.2. The van der Waals surface area contributed by atoms with Crippen molar-refractivity contribution < 1.29 is 14.5 Å². The van der Waals surface area contributed by atoms with Crippen LogP contribution in [0.2, 0.25) is 0 Å². The fourth-order valence-corrected chi connectivity index (χ4v) is 2.46. The lowest BCUT2D eigenvalue weighted by Gasteiger charge is -2.08. The molecule has 0 fully saturated rings. The van der Waals surface area contributed by atoms with Crippen LogP contribution in [0.4, 0.5) is 11.4 Å². The first-order chi connectivity index (χ1) is 9.47. The highest BCUT2D eigenvalue weighted by atomic mass is 32.2. The Bertz CT molecular complexity index is 616. The number of anilines is 1. The Morgan fingerprint density at radius 3 is 2.80 bits per heavy atom. The van der Waals surface area contributed by atoms with Crippen LogP contribution in [0.15, 0.2) is 29.3 Å². The fraction of sp³-hybridized carbons (Fsp3) is 0.182. The molecule has 8 nitrogen and oxygen atoms in total. The van der Waals surface area contributed by atoms with Gasteiger partial charge in [-0.1, -0.05) is 23.9 Å². The molecule has 1 aliphatic rings. The van der Waals surface area contributed by atoms with Gasteiger partial charge in [0.05, 0.1) is 4.92 Å². The highest BCUT2D eigenvalue weighted by molar-refractivity contribution is 8.15. The van der Waals surface area contributed by atoms with E-state index in [9.17, 15) is 19.7 Å². The average Bonchev–Trinajstić information content (AvgIpc) is 2.68. The molecule has 104 valence electrons. The highest BCUT2D eigenvalue weighted by Gasteiger charge is 2.29. The Morgan fingerprint density at radius 1 is 1.50 bits per heavy atom. The minimum atomic E-state index is -0.669. The Hall–Kier alpha value is -2.42. The molecule has 1 aromatic rings. The maximum absolute atomic E-state index is 11.8. The Morgan fingerprint density at radius 2 is 2.20 bits per heavy atom. The van der Waals surface area contributed by atoms with Crippen molar-refractivity contribution >= 4 is 40.1 Å².